The number of rotatable bonds is 4. The molecule has 0 aliphatic heterocycles. The van der Waals surface area contributed by atoms with E-state index in [1.54, 1.807) is 18.3 Å². The minimum atomic E-state index is 0.245. The minimum absolute atomic E-state index is 0.245. The van der Waals surface area contributed by atoms with E-state index >= 15 is 0 Å². The molecule has 0 unspecified atom stereocenters. The van der Waals surface area contributed by atoms with Gasteiger partial charge in [-0.15, -0.1) is 0 Å². The normalized spacial score (nSPS) is 11.0. The maximum absolute atomic E-state index is 9.56. The monoisotopic (exact) mass is 344 g/mol. The van der Waals surface area contributed by atoms with Gasteiger partial charge in [-0.3, -0.25) is 0 Å². The Balaban J connectivity index is 1.75. The van der Waals surface area contributed by atoms with Crippen LogP contribution in [0, 0.1) is 6.92 Å². The molecule has 0 amide bonds. The Morgan fingerprint density at radius 3 is 2.77 bits per heavy atom. The number of fused-ring (bicyclic) bond motifs is 1. The molecular formula is C21H20N4O. The Morgan fingerprint density at radius 2 is 1.96 bits per heavy atom. The molecule has 2 aromatic carbocycles. The summed E-state index contributed by atoms with van der Waals surface area (Å²) in [6.45, 7) is 4.97. The van der Waals surface area contributed by atoms with E-state index in [1.165, 1.54) is 10.9 Å². The van der Waals surface area contributed by atoms with Crippen LogP contribution in [-0.4, -0.2) is 19.6 Å². The SMILES string of the molecule is CCn1cc(-c2ccnc(Nc3ccc(O)cc3C)n2)c2ccccc21. The van der Waals surface area contributed by atoms with Crippen LogP contribution in [0.5, 0.6) is 5.75 Å². The minimum Gasteiger partial charge on any atom is -0.508 e. The zero-order valence-electron chi connectivity index (χ0n) is 14.8. The van der Waals surface area contributed by atoms with Gasteiger partial charge >= 0.3 is 0 Å². The molecule has 0 saturated heterocycles. The van der Waals surface area contributed by atoms with Crippen molar-refractivity contribution in [1.82, 2.24) is 14.5 Å². The number of aromatic nitrogens is 3. The lowest BCUT2D eigenvalue weighted by molar-refractivity contribution is 0.475. The number of hydrogen-bond acceptors (Lipinski definition) is 4. The zero-order chi connectivity index (χ0) is 18.1. The average molecular weight is 344 g/mol. The van der Waals surface area contributed by atoms with E-state index in [-0.39, 0.29) is 5.75 Å². The molecule has 0 radical (unpaired) electrons. The number of nitrogens with zero attached hydrogens (tertiary/aromatic N) is 3. The number of phenols is 1. The van der Waals surface area contributed by atoms with Crippen LogP contribution in [-0.2, 0) is 6.54 Å². The van der Waals surface area contributed by atoms with Crippen LogP contribution in [0.15, 0.2) is 60.9 Å². The lowest BCUT2D eigenvalue weighted by atomic mass is 10.1. The highest BCUT2D eigenvalue weighted by Crippen LogP contribution is 2.30. The molecule has 0 aliphatic rings. The van der Waals surface area contributed by atoms with Crippen LogP contribution in [0.1, 0.15) is 12.5 Å². The number of para-hydroxylation sites is 1. The van der Waals surface area contributed by atoms with Gasteiger partial charge in [0, 0.05) is 41.1 Å². The average Bonchev–Trinajstić information content (AvgIpc) is 3.03. The third-order valence-corrected chi connectivity index (χ3v) is 4.52. The van der Waals surface area contributed by atoms with Gasteiger partial charge in [-0.25, -0.2) is 9.97 Å². The number of aromatic hydroxyl groups is 1. The Bertz CT molecular complexity index is 1080. The van der Waals surface area contributed by atoms with E-state index in [4.69, 9.17) is 4.98 Å². The molecule has 0 fully saturated rings. The molecule has 4 aromatic rings. The molecule has 0 atom stereocenters. The molecule has 2 N–H and O–H groups in total. The van der Waals surface area contributed by atoms with Crippen molar-refractivity contribution in [2.75, 3.05) is 5.32 Å². The maximum Gasteiger partial charge on any atom is 0.227 e. The van der Waals surface area contributed by atoms with Crippen molar-refractivity contribution in [3.05, 3.63) is 66.5 Å². The molecule has 4 rings (SSSR count). The van der Waals surface area contributed by atoms with Crippen molar-refractivity contribution in [3.63, 3.8) is 0 Å². The number of nitrogens with one attached hydrogen (secondary N) is 1. The van der Waals surface area contributed by atoms with Crippen molar-refractivity contribution in [2.45, 2.75) is 20.4 Å². The maximum atomic E-state index is 9.56. The first-order valence-corrected chi connectivity index (χ1v) is 8.63. The van der Waals surface area contributed by atoms with Crippen molar-refractivity contribution < 1.29 is 5.11 Å². The number of phenolic OH excluding ortho intramolecular Hbond substituents is 1. The number of aryl methyl sites for hydroxylation is 2. The highest BCUT2D eigenvalue weighted by molar-refractivity contribution is 5.95. The number of anilines is 2. The van der Waals surface area contributed by atoms with Gasteiger partial charge in [0.25, 0.3) is 0 Å². The van der Waals surface area contributed by atoms with E-state index in [9.17, 15) is 5.11 Å². The smallest absolute Gasteiger partial charge is 0.227 e. The molecule has 0 bridgehead atoms. The van der Waals surface area contributed by atoms with Gasteiger partial charge in [-0.2, -0.15) is 0 Å². The molecule has 5 heteroatoms. The predicted molar refractivity (Wildman–Crippen MR) is 105 cm³/mol. The summed E-state index contributed by atoms with van der Waals surface area (Å²) < 4.78 is 2.23. The third kappa shape index (κ3) is 2.88. The Labute approximate surface area is 152 Å². The number of benzene rings is 2. The first-order chi connectivity index (χ1) is 12.7. The predicted octanol–water partition coefficient (Wildman–Crippen LogP) is 4.88. The standard InChI is InChI=1S/C21H20N4O/c1-3-25-13-17(16-6-4-5-7-20(16)25)19-10-11-22-21(24-19)23-18-9-8-15(26)12-14(18)2/h4-13,26H,3H2,1-2H3,(H,22,23,24). The van der Waals surface area contributed by atoms with Crippen molar-refractivity contribution in [1.29, 1.82) is 0 Å². The van der Waals surface area contributed by atoms with Crippen LogP contribution >= 0.6 is 0 Å². The van der Waals surface area contributed by atoms with Crippen LogP contribution in [0.25, 0.3) is 22.2 Å². The highest BCUT2D eigenvalue weighted by Gasteiger charge is 2.11. The van der Waals surface area contributed by atoms with Gasteiger partial charge in [-0.05, 0) is 49.7 Å². The van der Waals surface area contributed by atoms with Crippen LogP contribution in [0.3, 0.4) is 0 Å². The van der Waals surface area contributed by atoms with E-state index in [0.29, 0.717) is 5.95 Å². The van der Waals surface area contributed by atoms with Crippen LogP contribution < -0.4 is 5.32 Å². The van der Waals surface area contributed by atoms with E-state index < -0.39 is 0 Å². The molecule has 5 nitrogen and oxygen atoms in total. The topological polar surface area (TPSA) is 63.0 Å². The summed E-state index contributed by atoms with van der Waals surface area (Å²) in [5.74, 6) is 0.778. The fraction of sp³-hybridized carbons (Fsp3) is 0.143. The van der Waals surface area contributed by atoms with Gasteiger partial charge in [0.1, 0.15) is 5.75 Å². The summed E-state index contributed by atoms with van der Waals surface area (Å²) in [4.78, 5) is 9.04. The lowest BCUT2D eigenvalue weighted by Gasteiger charge is -2.09. The third-order valence-electron chi connectivity index (χ3n) is 4.52. The molecule has 2 heterocycles. The molecule has 0 aliphatic carbocycles. The fourth-order valence-electron chi connectivity index (χ4n) is 3.19. The van der Waals surface area contributed by atoms with Gasteiger partial charge in [-0.1, -0.05) is 18.2 Å². The second-order valence-corrected chi connectivity index (χ2v) is 6.24. The fourth-order valence-corrected chi connectivity index (χ4v) is 3.19. The molecule has 2 aromatic heterocycles. The summed E-state index contributed by atoms with van der Waals surface area (Å²) in [6.07, 6.45) is 3.90. The first-order valence-electron chi connectivity index (χ1n) is 8.63. The first kappa shape index (κ1) is 16.1. The van der Waals surface area contributed by atoms with Gasteiger partial charge in [0.15, 0.2) is 0 Å². The van der Waals surface area contributed by atoms with Crippen molar-refractivity contribution in [3.8, 4) is 17.0 Å². The van der Waals surface area contributed by atoms with Crippen molar-refractivity contribution in [2.24, 2.45) is 0 Å². The van der Waals surface area contributed by atoms with Crippen LogP contribution in [0.2, 0.25) is 0 Å². The van der Waals surface area contributed by atoms with Gasteiger partial charge < -0.3 is 15.0 Å². The summed E-state index contributed by atoms with van der Waals surface area (Å²) >= 11 is 0. The largest absolute Gasteiger partial charge is 0.508 e. The van der Waals surface area contributed by atoms with E-state index in [1.807, 2.05) is 25.1 Å². The Morgan fingerprint density at radius 1 is 1.12 bits per heavy atom. The number of hydrogen-bond donors (Lipinski definition) is 2. The lowest BCUT2D eigenvalue weighted by Crippen LogP contribution is -1.99. The summed E-state index contributed by atoms with van der Waals surface area (Å²) in [6, 6.07) is 15.5. The summed E-state index contributed by atoms with van der Waals surface area (Å²) in [5, 5.41) is 14.0. The highest BCUT2D eigenvalue weighted by atomic mass is 16.3. The molecular weight excluding hydrogens is 324 g/mol. The Hall–Kier alpha value is -3.34. The van der Waals surface area contributed by atoms with Gasteiger partial charge in [0.2, 0.25) is 5.95 Å². The van der Waals surface area contributed by atoms with Crippen molar-refractivity contribution >= 4 is 22.5 Å². The zero-order valence-corrected chi connectivity index (χ0v) is 14.8. The summed E-state index contributed by atoms with van der Waals surface area (Å²) in [7, 11) is 0. The second kappa shape index (κ2) is 6.52. The molecule has 26 heavy (non-hydrogen) atoms. The molecule has 0 saturated carbocycles. The Kier molecular flexibility index (Phi) is 4.05. The van der Waals surface area contributed by atoms with Crippen LogP contribution in [0.4, 0.5) is 11.6 Å². The summed E-state index contributed by atoms with van der Waals surface area (Å²) in [5.41, 5.74) is 4.97. The second-order valence-electron chi connectivity index (χ2n) is 6.24. The van der Waals surface area contributed by atoms with Gasteiger partial charge in [0.05, 0.1) is 5.69 Å². The quantitative estimate of drug-likeness (QED) is 0.518. The van der Waals surface area contributed by atoms with E-state index in [0.717, 1.165) is 29.1 Å². The molecule has 0 spiro atoms. The van der Waals surface area contributed by atoms with E-state index in [2.05, 4.69) is 46.2 Å². The molecule has 130 valence electrons.